The normalized spacial score (nSPS) is 21.4. The summed E-state index contributed by atoms with van der Waals surface area (Å²) in [6.07, 6.45) is 5.32. The van der Waals surface area contributed by atoms with E-state index in [4.69, 9.17) is 0 Å². The minimum Gasteiger partial charge on any atom is -0.0651 e. The molecule has 0 saturated heterocycles. The number of benzene rings is 1. The van der Waals surface area contributed by atoms with Gasteiger partial charge in [0, 0.05) is 0 Å². The van der Waals surface area contributed by atoms with Gasteiger partial charge in [-0.25, -0.2) is 0 Å². The average molecular weight is 230 g/mol. The van der Waals surface area contributed by atoms with E-state index in [1.807, 2.05) is 0 Å². The molecular formula is C17H26. The Balaban J connectivity index is 2.17. The van der Waals surface area contributed by atoms with Gasteiger partial charge < -0.3 is 0 Å². The van der Waals surface area contributed by atoms with E-state index < -0.39 is 0 Å². The van der Waals surface area contributed by atoms with Gasteiger partial charge in [0.15, 0.2) is 0 Å². The molecule has 0 fully saturated rings. The van der Waals surface area contributed by atoms with Crippen molar-refractivity contribution in [2.45, 2.75) is 59.3 Å². The molecule has 1 aliphatic rings. The summed E-state index contributed by atoms with van der Waals surface area (Å²) in [6.45, 7) is 9.30. The van der Waals surface area contributed by atoms with Gasteiger partial charge in [0.05, 0.1) is 0 Å². The summed E-state index contributed by atoms with van der Waals surface area (Å²) in [5.41, 5.74) is 4.74. The highest BCUT2D eigenvalue weighted by molar-refractivity contribution is 5.35. The zero-order valence-corrected chi connectivity index (χ0v) is 11.8. The van der Waals surface area contributed by atoms with Crippen molar-refractivity contribution in [2.24, 2.45) is 11.8 Å². The highest BCUT2D eigenvalue weighted by atomic mass is 14.3. The van der Waals surface area contributed by atoms with Crippen LogP contribution in [-0.2, 0) is 12.8 Å². The van der Waals surface area contributed by atoms with Gasteiger partial charge in [-0.2, -0.15) is 0 Å². The fourth-order valence-electron chi connectivity index (χ4n) is 2.98. The van der Waals surface area contributed by atoms with Crippen LogP contribution in [0.2, 0.25) is 0 Å². The highest BCUT2D eigenvalue weighted by Gasteiger charge is 2.22. The monoisotopic (exact) mass is 230 g/mol. The number of fused-ring (bicyclic) bond motifs is 1. The summed E-state index contributed by atoms with van der Waals surface area (Å²) in [6, 6.07) is 7.18. The second-order valence-electron chi connectivity index (χ2n) is 6.07. The van der Waals surface area contributed by atoms with Gasteiger partial charge in [0.1, 0.15) is 0 Å². The third kappa shape index (κ3) is 2.73. The van der Waals surface area contributed by atoms with E-state index in [0.29, 0.717) is 5.92 Å². The molecule has 0 N–H and O–H groups in total. The van der Waals surface area contributed by atoms with Crippen molar-refractivity contribution in [1.29, 1.82) is 0 Å². The molecule has 0 amide bonds. The molecule has 0 heteroatoms. The lowest BCUT2D eigenvalue weighted by atomic mass is 9.76. The molecule has 1 aromatic carbocycles. The van der Waals surface area contributed by atoms with Gasteiger partial charge in [0.2, 0.25) is 0 Å². The van der Waals surface area contributed by atoms with Crippen molar-refractivity contribution >= 4 is 0 Å². The Labute approximate surface area is 106 Å². The second kappa shape index (κ2) is 5.25. The Morgan fingerprint density at radius 1 is 1.18 bits per heavy atom. The average Bonchev–Trinajstić information content (AvgIpc) is 2.36. The molecule has 0 radical (unpaired) electrons. The molecule has 0 nitrogen and oxygen atoms in total. The van der Waals surface area contributed by atoms with E-state index in [2.05, 4.69) is 45.9 Å². The van der Waals surface area contributed by atoms with Crippen LogP contribution in [0.15, 0.2) is 18.2 Å². The Bertz CT molecular complexity index is 376. The van der Waals surface area contributed by atoms with E-state index in [1.54, 1.807) is 11.1 Å². The number of hydrogen-bond donors (Lipinski definition) is 0. The van der Waals surface area contributed by atoms with Crippen molar-refractivity contribution in [2.75, 3.05) is 0 Å². The fourth-order valence-corrected chi connectivity index (χ4v) is 2.98. The summed E-state index contributed by atoms with van der Waals surface area (Å²) in [7, 11) is 0. The lowest BCUT2D eigenvalue weighted by molar-refractivity contribution is 0.312. The first kappa shape index (κ1) is 12.7. The van der Waals surface area contributed by atoms with Gasteiger partial charge in [-0.05, 0) is 53.7 Å². The van der Waals surface area contributed by atoms with E-state index >= 15 is 0 Å². The first-order chi connectivity index (χ1) is 8.11. The third-order valence-electron chi connectivity index (χ3n) is 4.61. The van der Waals surface area contributed by atoms with E-state index in [1.165, 1.54) is 31.2 Å². The predicted molar refractivity (Wildman–Crippen MR) is 75.5 cm³/mol. The first-order valence-electron chi connectivity index (χ1n) is 7.23. The fraction of sp³-hybridized carbons (Fsp3) is 0.647. The zero-order chi connectivity index (χ0) is 12.4. The van der Waals surface area contributed by atoms with Crippen LogP contribution in [0, 0.1) is 11.8 Å². The van der Waals surface area contributed by atoms with E-state index in [0.717, 1.165) is 11.8 Å². The zero-order valence-electron chi connectivity index (χ0n) is 11.8. The maximum absolute atomic E-state index is 2.45. The van der Waals surface area contributed by atoms with Crippen LogP contribution in [0.25, 0.3) is 0 Å². The van der Waals surface area contributed by atoms with Crippen LogP contribution in [0.4, 0.5) is 0 Å². The number of aryl methyl sites for hydroxylation is 1. The van der Waals surface area contributed by atoms with Crippen molar-refractivity contribution in [3.05, 3.63) is 34.9 Å². The van der Waals surface area contributed by atoms with Crippen molar-refractivity contribution in [3.8, 4) is 0 Å². The lowest BCUT2D eigenvalue weighted by Gasteiger charge is -2.29. The lowest BCUT2D eigenvalue weighted by Crippen LogP contribution is -2.20. The van der Waals surface area contributed by atoms with Gasteiger partial charge >= 0.3 is 0 Å². The molecule has 17 heavy (non-hydrogen) atoms. The predicted octanol–water partition coefficient (Wildman–Crippen LogP) is 4.96. The van der Waals surface area contributed by atoms with Crippen LogP contribution in [0.3, 0.4) is 0 Å². The van der Waals surface area contributed by atoms with Crippen molar-refractivity contribution in [3.63, 3.8) is 0 Å². The molecule has 0 bridgehead atoms. The molecule has 0 saturated carbocycles. The van der Waals surface area contributed by atoms with Crippen LogP contribution in [0.5, 0.6) is 0 Å². The molecule has 2 atom stereocenters. The summed E-state index contributed by atoms with van der Waals surface area (Å²) >= 11 is 0. The largest absolute Gasteiger partial charge is 0.0651 e. The van der Waals surface area contributed by atoms with E-state index in [9.17, 15) is 0 Å². The molecule has 2 rings (SSSR count). The molecule has 0 aliphatic heterocycles. The van der Waals surface area contributed by atoms with E-state index in [-0.39, 0.29) is 0 Å². The highest BCUT2D eigenvalue weighted by Crippen LogP contribution is 2.33. The smallest absolute Gasteiger partial charge is 0.0219 e. The summed E-state index contributed by atoms with van der Waals surface area (Å²) < 4.78 is 0. The third-order valence-corrected chi connectivity index (χ3v) is 4.61. The minimum absolute atomic E-state index is 0.660. The van der Waals surface area contributed by atoms with Gasteiger partial charge in [-0.1, -0.05) is 52.3 Å². The summed E-state index contributed by atoms with van der Waals surface area (Å²) in [5.74, 6) is 2.46. The van der Waals surface area contributed by atoms with Crippen LogP contribution in [-0.4, -0.2) is 0 Å². The van der Waals surface area contributed by atoms with Gasteiger partial charge in [-0.3, -0.25) is 0 Å². The van der Waals surface area contributed by atoms with Gasteiger partial charge in [0.25, 0.3) is 0 Å². The van der Waals surface area contributed by atoms with Crippen molar-refractivity contribution < 1.29 is 0 Å². The molecule has 1 aliphatic carbocycles. The summed E-state index contributed by atoms with van der Waals surface area (Å²) in [4.78, 5) is 0. The van der Waals surface area contributed by atoms with Crippen LogP contribution < -0.4 is 0 Å². The Hall–Kier alpha value is -0.780. The molecule has 94 valence electrons. The molecule has 2 unspecified atom stereocenters. The molecule has 0 heterocycles. The van der Waals surface area contributed by atoms with Crippen LogP contribution >= 0.6 is 0 Å². The Morgan fingerprint density at radius 3 is 2.59 bits per heavy atom. The first-order valence-corrected chi connectivity index (χ1v) is 7.23. The molecule has 1 aromatic rings. The van der Waals surface area contributed by atoms with Crippen molar-refractivity contribution in [1.82, 2.24) is 0 Å². The topological polar surface area (TPSA) is 0 Å². The van der Waals surface area contributed by atoms with Crippen LogP contribution in [0.1, 0.15) is 63.1 Å². The molecule has 0 aromatic heterocycles. The maximum atomic E-state index is 2.45. The summed E-state index contributed by atoms with van der Waals surface area (Å²) in [5, 5.41) is 0. The Kier molecular flexibility index (Phi) is 3.91. The SMILES string of the molecule is CCC(C)C1CCc2cc(C(C)C)ccc2C1. The Morgan fingerprint density at radius 2 is 1.94 bits per heavy atom. The number of rotatable bonds is 3. The quantitative estimate of drug-likeness (QED) is 0.688. The molecular weight excluding hydrogens is 204 g/mol. The number of hydrogen-bond acceptors (Lipinski definition) is 0. The van der Waals surface area contributed by atoms with Gasteiger partial charge in [-0.15, -0.1) is 0 Å². The minimum atomic E-state index is 0.660. The maximum Gasteiger partial charge on any atom is -0.0219 e. The second-order valence-corrected chi connectivity index (χ2v) is 6.07. The standard InChI is InChI=1S/C17H26/c1-5-13(4)15-7-9-16-10-14(12(2)3)6-8-17(16)11-15/h6,8,10,12-13,15H,5,7,9,11H2,1-4H3. The molecule has 0 spiro atoms.